The van der Waals surface area contributed by atoms with Crippen molar-refractivity contribution < 1.29 is 0 Å². The maximum atomic E-state index is 2.51. The van der Waals surface area contributed by atoms with E-state index in [-0.39, 0.29) is 0 Å². The summed E-state index contributed by atoms with van der Waals surface area (Å²) in [5, 5.41) is 0. The molecule has 0 amide bonds. The average molecular weight is 248 g/mol. The Morgan fingerprint density at radius 2 is 1.35 bits per heavy atom. The predicted molar refractivity (Wildman–Crippen MR) is 82.9 cm³/mol. The summed E-state index contributed by atoms with van der Waals surface area (Å²) in [7, 11) is 0. The zero-order valence-corrected chi connectivity index (χ0v) is 13.8. The molecular weight excluding hydrogens is 219 g/mol. The normalized spacial score (nSPS) is 12.6. The van der Waals surface area contributed by atoms with Gasteiger partial charge in [0.05, 0.1) is 0 Å². The fraction of sp³-hybridized carbons (Fsp3) is 0.625. The van der Waals surface area contributed by atoms with Gasteiger partial charge in [-0.2, -0.15) is 0 Å². The zero-order chi connectivity index (χ0) is 13.3. The molecule has 0 heterocycles. The first-order chi connectivity index (χ1) is 7.91. The summed E-state index contributed by atoms with van der Waals surface area (Å²) in [6.45, 7) is 8.88. The highest BCUT2D eigenvalue weighted by atomic mass is 27.2. The number of rotatable bonds is 7. The minimum absolute atomic E-state index is 0.516. The highest BCUT2D eigenvalue weighted by Crippen LogP contribution is 2.11. The van der Waals surface area contributed by atoms with Crippen LogP contribution in [0.15, 0.2) is 33.8 Å². The molecule has 0 aliphatic carbocycles. The molecule has 0 aliphatic rings. The van der Waals surface area contributed by atoms with E-state index in [2.05, 4.69) is 56.4 Å². The summed E-state index contributed by atoms with van der Waals surface area (Å²) in [5.74, 6) is 4.76. The molecule has 0 atom stereocenters. The lowest BCUT2D eigenvalue weighted by atomic mass is 10.1. The summed E-state index contributed by atoms with van der Waals surface area (Å²) in [4.78, 5) is 2.51. The maximum absolute atomic E-state index is 2.51. The van der Waals surface area contributed by atoms with Crippen LogP contribution in [-0.4, -0.2) is 14.1 Å². The maximum Gasteiger partial charge on any atom is 0.288 e. The monoisotopic (exact) mass is 248 g/mol. The van der Waals surface area contributed by atoms with Gasteiger partial charge in [0.2, 0.25) is 0 Å². The van der Waals surface area contributed by atoms with Gasteiger partial charge < -0.3 is 0 Å². The van der Waals surface area contributed by atoms with Crippen molar-refractivity contribution in [3.63, 3.8) is 0 Å². The average Bonchev–Trinajstić information content (AvgIpc) is 2.15. The lowest BCUT2D eigenvalue weighted by molar-refractivity contribution is 0.919. The van der Waals surface area contributed by atoms with E-state index >= 15 is 0 Å². The SMILES string of the molecule is CC(C)=CCC/C(C)=C/CC/C(C)=[CH]/[Al]([CH3])[CH3]. The van der Waals surface area contributed by atoms with Gasteiger partial charge in [0.15, 0.2) is 0 Å². The van der Waals surface area contributed by atoms with Crippen LogP contribution in [-0.2, 0) is 0 Å². The van der Waals surface area contributed by atoms with Crippen LogP contribution in [0.1, 0.15) is 53.4 Å². The molecule has 0 aromatic rings. The topological polar surface area (TPSA) is 0 Å². The Morgan fingerprint density at radius 3 is 1.88 bits per heavy atom. The van der Waals surface area contributed by atoms with Crippen molar-refractivity contribution >= 4 is 14.1 Å². The summed E-state index contributed by atoms with van der Waals surface area (Å²) < 4.78 is 0. The molecule has 0 unspecified atom stereocenters. The minimum atomic E-state index is -0.516. The van der Waals surface area contributed by atoms with Crippen LogP contribution in [0.25, 0.3) is 0 Å². The molecule has 0 fully saturated rings. The molecule has 1 heteroatoms. The molecule has 0 radical (unpaired) electrons. The van der Waals surface area contributed by atoms with Crippen molar-refractivity contribution in [1.82, 2.24) is 0 Å². The van der Waals surface area contributed by atoms with Crippen LogP contribution in [0, 0.1) is 0 Å². The molecule has 0 aromatic heterocycles. The predicted octanol–water partition coefficient (Wildman–Crippen LogP) is 5.70. The van der Waals surface area contributed by atoms with Crippen molar-refractivity contribution in [2.45, 2.75) is 64.9 Å². The van der Waals surface area contributed by atoms with E-state index in [9.17, 15) is 0 Å². The van der Waals surface area contributed by atoms with Gasteiger partial charge in [0.1, 0.15) is 0 Å². The van der Waals surface area contributed by atoms with Crippen LogP contribution >= 0.6 is 0 Å². The summed E-state index contributed by atoms with van der Waals surface area (Å²) >= 11 is -0.516. The highest BCUT2D eigenvalue weighted by molar-refractivity contribution is 6.61. The second-order valence-corrected chi connectivity index (χ2v) is 8.49. The standard InChI is InChI=1S/C14H23.2CH3.Al/c1-12(2)8-6-10-14(5)11-7-9-13(3)4;;;/h1,9-10H,6-8,11H2,2-5H3;2*1H3;/b12-1?,14-10+;;;. The van der Waals surface area contributed by atoms with Gasteiger partial charge >= 0.3 is 0 Å². The number of hydrogen-bond donors (Lipinski definition) is 0. The van der Waals surface area contributed by atoms with Crippen molar-refractivity contribution in [2.24, 2.45) is 0 Å². The van der Waals surface area contributed by atoms with Crippen molar-refractivity contribution in [3.05, 3.63) is 33.8 Å². The quantitative estimate of drug-likeness (QED) is 0.400. The first-order valence-electron chi connectivity index (χ1n) is 6.88. The highest BCUT2D eigenvalue weighted by Gasteiger charge is 1.97. The van der Waals surface area contributed by atoms with Crippen molar-refractivity contribution in [2.75, 3.05) is 0 Å². The molecule has 0 aromatic carbocycles. The zero-order valence-electron chi connectivity index (χ0n) is 12.6. The number of hydrogen-bond acceptors (Lipinski definition) is 0. The van der Waals surface area contributed by atoms with Crippen LogP contribution in [0.4, 0.5) is 0 Å². The number of allylic oxidation sites excluding steroid dienone is 5. The van der Waals surface area contributed by atoms with Crippen molar-refractivity contribution in [1.29, 1.82) is 0 Å². The third-order valence-corrected chi connectivity index (χ3v) is 3.98. The van der Waals surface area contributed by atoms with Gasteiger partial charge in [-0.25, -0.2) is 0 Å². The molecule has 0 nitrogen and oxygen atoms in total. The molecule has 0 saturated carbocycles. The molecule has 96 valence electrons. The fourth-order valence-corrected chi connectivity index (χ4v) is 3.19. The van der Waals surface area contributed by atoms with Crippen LogP contribution < -0.4 is 0 Å². The van der Waals surface area contributed by atoms with Crippen LogP contribution in [0.3, 0.4) is 0 Å². The molecule has 0 saturated heterocycles. The first kappa shape index (κ1) is 16.8. The minimum Gasteiger partial charge on any atom is -0.146 e. The molecule has 0 rings (SSSR count). The molecule has 0 bridgehead atoms. The second kappa shape index (κ2) is 9.75. The Morgan fingerprint density at radius 1 is 0.824 bits per heavy atom. The Kier molecular flexibility index (Phi) is 9.61. The van der Waals surface area contributed by atoms with Crippen molar-refractivity contribution in [3.8, 4) is 0 Å². The van der Waals surface area contributed by atoms with E-state index in [1.54, 1.807) is 5.57 Å². The van der Waals surface area contributed by atoms with E-state index in [0.717, 1.165) is 0 Å². The van der Waals surface area contributed by atoms with Crippen LogP contribution in [0.5, 0.6) is 0 Å². The first-order valence-corrected chi connectivity index (χ1v) is 9.85. The van der Waals surface area contributed by atoms with Gasteiger partial charge in [-0.05, 0) is 53.4 Å². The lowest BCUT2D eigenvalue weighted by Gasteiger charge is -2.01. The lowest BCUT2D eigenvalue weighted by Crippen LogP contribution is -1.95. The van der Waals surface area contributed by atoms with Gasteiger partial charge in [-0.15, -0.1) is 16.5 Å². The van der Waals surface area contributed by atoms with Crippen LogP contribution in [0.2, 0.25) is 11.6 Å². The Bertz CT molecular complexity index is 289. The molecule has 0 spiro atoms. The van der Waals surface area contributed by atoms with E-state index in [1.165, 1.54) is 36.8 Å². The Balaban J connectivity index is 3.88. The van der Waals surface area contributed by atoms with E-state index in [0.29, 0.717) is 0 Å². The molecular formula is C16H29Al. The van der Waals surface area contributed by atoms with E-state index in [1.807, 2.05) is 0 Å². The molecule has 0 N–H and O–H groups in total. The fourth-order valence-electron chi connectivity index (χ4n) is 1.89. The Hall–Kier alpha value is -0.248. The summed E-state index contributed by atoms with van der Waals surface area (Å²) in [6, 6.07) is 0. The van der Waals surface area contributed by atoms with Gasteiger partial charge in [-0.1, -0.05) is 28.9 Å². The van der Waals surface area contributed by atoms with Gasteiger partial charge in [0, 0.05) is 0 Å². The third-order valence-electron chi connectivity index (χ3n) is 2.74. The van der Waals surface area contributed by atoms with E-state index < -0.39 is 14.1 Å². The smallest absolute Gasteiger partial charge is 0.146 e. The second-order valence-electron chi connectivity index (χ2n) is 5.67. The summed E-state index contributed by atoms with van der Waals surface area (Å²) in [5.41, 5.74) is 4.55. The summed E-state index contributed by atoms with van der Waals surface area (Å²) in [6.07, 6.45) is 9.60. The van der Waals surface area contributed by atoms with E-state index in [4.69, 9.17) is 0 Å². The largest absolute Gasteiger partial charge is 0.288 e. The molecule has 17 heavy (non-hydrogen) atoms. The molecule has 0 aliphatic heterocycles. The Labute approximate surface area is 113 Å². The third kappa shape index (κ3) is 12.0. The van der Waals surface area contributed by atoms with Gasteiger partial charge in [-0.3, -0.25) is 0 Å². The van der Waals surface area contributed by atoms with Gasteiger partial charge in [0.25, 0.3) is 14.1 Å².